The van der Waals surface area contributed by atoms with E-state index >= 15 is 0 Å². The van der Waals surface area contributed by atoms with E-state index < -0.39 is 34.0 Å². The fourth-order valence-corrected chi connectivity index (χ4v) is 4.68. The molecule has 33 heavy (non-hydrogen) atoms. The van der Waals surface area contributed by atoms with Gasteiger partial charge in [0.2, 0.25) is 10.0 Å². The minimum Gasteiger partial charge on any atom is -0.495 e. The second-order valence-electron chi connectivity index (χ2n) is 7.60. The average Bonchev–Trinajstić information content (AvgIpc) is 2.80. The van der Waals surface area contributed by atoms with Gasteiger partial charge in [0, 0.05) is 6.54 Å². The van der Waals surface area contributed by atoms with E-state index in [9.17, 15) is 22.7 Å². The SMILES string of the molecule is COc1ccccc1NC(=O)N[C@@H]1CC[C@H](CCNS(=O)(=O)c2ccc(F)cc2)O[C@H]1CO. The van der Waals surface area contributed by atoms with Crippen LogP contribution in [0.1, 0.15) is 19.3 Å². The van der Waals surface area contributed by atoms with Gasteiger partial charge >= 0.3 is 6.03 Å². The first-order chi connectivity index (χ1) is 15.8. The zero-order valence-electron chi connectivity index (χ0n) is 18.2. The number of carbonyl (C=O) groups excluding carboxylic acids is 1. The summed E-state index contributed by atoms with van der Waals surface area (Å²) in [5.74, 6) is 0.00811. The van der Waals surface area contributed by atoms with Gasteiger partial charge in [0.1, 0.15) is 17.7 Å². The number of aliphatic hydroxyl groups excluding tert-OH is 1. The van der Waals surface area contributed by atoms with Crippen molar-refractivity contribution in [3.05, 3.63) is 54.3 Å². The molecule has 2 aromatic carbocycles. The van der Waals surface area contributed by atoms with Crippen molar-refractivity contribution >= 4 is 21.7 Å². The number of anilines is 1. The van der Waals surface area contributed by atoms with Crippen molar-refractivity contribution in [2.45, 2.75) is 42.4 Å². The molecule has 0 aromatic heterocycles. The lowest BCUT2D eigenvalue weighted by Gasteiger charge is -2.36. The molecule has 0 aliphatic carbocycles. The average molecular weight is 482 g/mol. The predicted molar refractivity (Wildman–Crippen MR) is 120 cm³/mol. The summed E-state index contributed by atoms with van der Waals surface area (Å²) in [6.07, 6.45) is 0.611. The largest absolute Gasteiger partial charge is 0.495 e. The van der Waals surface area contributed by atoms with Gasteiger partial charge in [-0.25, -0.2) is 22.3 Å². The number of hydrogen-bond acceptors (Lipinski definition) is 6. The Morgan fingerprint density at radius 2 is 1.91 bits per heavy atom. The Morgan fingerprint density at radius 3 is 2.61 bits per heavy atom. The lowest BCUT2D eigenvalue weighted by molar-refractivity contribution is -0.0884. The van der Waals surface area contributed by atoms with E-state index in [-0.39, 0.29) is 24.2 Å². The van der Waals surface area contributed by atoms with Gasteiger partial charge in [0.25, 0.3) is 0 Å². The summed E-state index contributed by atoms with van der Waals surface area (Å²) in [5.41, 5.74) is 0.515. The molecule has 2 amide bonds. The zero-order valence-corrected chi connectivity index (χ0v) is 19.0. The van der Waals surface area contributed by atoms with Crippen molar-refractivity contribution in [1.29, 1.82) is 0 Å². The highest BCUT2D eigenvalue weighted by atomic mass is 32.2. The highest BCUT2D eigenvalue weighted by Crippen LogP contribution is 2.24. The fraction of sp³-hybridized carbons (Fsp3) is 0.409. The topological polar surface area (TPSA) is 126 Å². The Labute approximate surface area is 192 Å². The number of hydrogen-bond donors (Lipinski definition) is 4. The number of methoxy groups -OCH3 is 1. The van der Waals surface area contributed by atoms with Crippen molar-refractivity contribution in [2.24, 2.45) is 0 Å². The van der Waals surface area contributed by atoms with Crippen LogP contribution in [-0.2, 0) is 14.8 Å². The number of para-hydroxylation sites is 2. The predicted octanol–water partition coefficient (Wildman–Crippen LogP) is 2.23. The first kappa shape index (κ1) is 24.9. The van der Waals surface area contributed by atoms with Crippen molar-refractivity contribution in [3.63, 3.8) is 0 Å². The number of benzene rings is 2. The number of sulfonamides is 1. The van der Waals surface area contributed by atoms with E-state index in [0.29, 0.717) is 30.7 Å². The van der Waals surface area contributed by atoms with E-state index in [1.54, 1.807) is 24.3 Å². The highest BCUT2D eigenvalue weighted by molar-refractivity contribution is 7.89. The third-order valence-corrected chi connectivity index (χ3v) is 6.83. The molecule has 9 nitrogen and oxygen atoms in total. The van der Waals surface area contributed by atoms with E-state index in [4.69, 9.17) is 9.47 Å². The molecule has 3 rings (SSSR count). The molecule has 0 unspecified atom stereocenters. The lowest BCUT2D eigenvalue weighted by atomic mass is 9.97. The summed E-state index contributed by atoms with van der Waals surface area (Å²) in [6, 6.07) is 10.7. The van der Waals surface area contributed by atoms with Crippen LogP contribution in [-0.4, -0.2) is 58.1 Å². The summed E-state index contributed by atoms with van der Waals surface area (Å²) in [7, 11) is -2.25. The molecule has 11 heteroatoms. The van der Waals surface area contributed by atoms with Crippen LogP contribution in [0.5, 0.6) is 5.75 Å². The van der Waals surface area contributed by atoms with Gasteiger partial charge in [-0.1, -0.05) is 12.1 Å². The molecule has 3 atom stereocenters. The maximum atomic E-state index is 13.0. The maximum Gasteiger partial charge on any atom is 0.319 e. The fourth-order valence-electron chi connectivity index (χ4n) is 3.64. The second-order valence-corrected chi connectivity index (χ2v) is 9.37. The van der Waals surface area contributed by atoms with Crippen LogP contribution in [0.4, 0.5) is 14.9 Å². The number of rotatable bonds is 9. The summed E-state index contributed by atoms with van der Waals surface area (Å²) < 4.78 is 51.2. The van der Waals surface area contributed by atoms with Gasteiger partial charge in [-0.15, -0.1) is 0 Å². The van der Waals surface area contributed by atoms with Crippen molar-refractivity contribution in [3.8, 4) is 5.75 Å². The van der Waals surface area contributed by atoms with Crippen LogP contribution in [0.3, 0.4) is 0 Å². The Kier molecular flexibility index (Phi) is 8.61. The van der Waals surface area contributed by atoms with Gasteiger partial charge in [-0.3, -0.25) is 0 Å². The van der Waals surface area contributed by atoms with E-state index in [2.05, 4.69) is 15.4 Å². The molecule has 1 fully saturated rings. The number of urea groups is 1. The third-order valence-electron chi connectivity index (χ3n) is 5.35. The molecule has 1 heterocycles. The summed E-state index contributed by atoms with van der Waals surface area (Å²) >= 11 is 0. The zero-order chi connectivity index (χ0) is 23.8. The molecule has 1 saturated heterocycles. The number of amides is 2. The maximum absolute atomic E-state index is 13.0. The molecule has 0 radical (unpaired) electrons. The highest BCUT2D eigenvalue weighted by Gasteiger charge is 2.32. The van der Waals surface area contributed by atoms with Crippen LogP contribution in [0.2, 0.25) is 0 Å². The number of nitrogens with one attached hydrogen (secondary N) is 3. The molecule has 1 aliphatic heterocycles. The van der Waals surface area contributed by atoms with Crippen molar-refractivity contribution < 1.29 is 32.2 Å². The lowest BCUT2D eigenvalue weighted by Crippen LogP contribution is -2.52. The normalized spacial score (nSPS) is 20.8. The number of ether oxygens (including phenoxy) is 2. The van der Waals surface area contributed by atoms with E-state index in [1.165, 1.54) is 19.2 Å². The number of aliphatic hydroxyl groups is 1. The first-order valence-electron chi connectivity index (χ1n) is 10.5. The quantitative estimate of drug-likeness (QED) is 0.435. The molecule has 0 bridgehead atoms. The molecular weight excluding hydrogens is 453 g/mol. The van der Waals surface area contributed by atoms with Crippen LogP contribution in [0.25, 0.3) is 0 Å². The molecule has 180 valence electrons. The van der Waals surface area contributed by atoms with Crippen LogP contribution >= 0.6 is 0 Å². The second kappa shape index (κ2) is 11.4. The van der Waals surface area contributed by atoms with Crippen LogP contribution < -0.4 is 20.1 Å². The van der Waals surface area contributed by atoms with Crippen molar-refractivity contribution in [1.82, 2.24) is 10.0 Å². The molecule has 4 N–H and O–H groups in total. The molecule has 0 saturated carbocycles. The molecule has 2 aromatic rings. The third kappa shape index (κ3) is 6.87. The van der Waals surface area contributed by atoms with Gasteiger partial charge < -0.3 is 25.2 Å². The van der Waals surface area contributed by atoms with E-state index in [1.807, 2.05) is 0 Å². The van der Waals surface area contributed by atoms with E-state index in [0.717, 1.165) is 12.1 Å². The number of carbonyl (C=O) groups is 1. The summed E-state index contributed by atoms with van der Waals surface area (Å²) in [5, 5.41) is 15.3. The smallest absolute Gasteiger partial charge is 0.319 e. The van der Waals surface area contributed by atoms with Crippen LogP contribution in [0, 0.1) is 5.82 Å². The van der Waals surface area contributed by atoms with Crippen molar-refractivity contribution in [2.75, 3.05) is 25.6 Å². The summed E-state index contributed by atoms with van der Waals surface area (Å²) in [6.45, 7) is -0.174. The Hall–Kier alpha value is -2.73. The molecule has 0 spiro atoms. The Morgan fingerprint density at radius 1 is 1.18 bits per heavy atom. The van der Waals surface area contributed by atoms with Gasteiger partial charge in [0.15, 0.2) is 0 Å². The standard InChI is InChI=1S/C22H28FN3O6S/c1-31-20-5-3-2-4-18(20)25-22(28)26-19-11-8-16(32-21(19)14-27)12-13-24-33(29,30)17-9-6-15(23)7-10-17/h2-7,9-10,16,19,21,24,27H,8,11-14H2,1H3,(H2,25,26,28)/t16-,19-,21+/m1/s1. The van der Waals surface area contributed by atoms with Gasteiger partial charge in [-0.05, 0) is 55.7 Å². The Balaban J connectivity index is 1.48. The molecular formula is C22H28FN3O6S. The number of halogens is 1. The van der Waals surface area contributed by atoms with Crippen LogP contribution in [0.15, 0.2) is 53.4 Å². The monoisotopic (exact) mass is 481 g/mol. The first-order valence-corrected chi connectivity index (χ1v) is 12.0. The van der Waals surface area contributed by atoms with Gasteiger partial charge in [-0.2, -0.15) is 0 Å². The summed E-state index contributed by atoms with van der Waals surface area (Å²) in [4.78, 5) is 12.4. The minimum atomic E-state index is -3.76. The Bertz CT molecular complexity index is 1030. The van der Waals surface area contributed by atoms with Gasteiger partial charge in [0.05, 0.1) is 36.4 Å². The minimum absolute atomic E-state index is 0.0213. The molecule has 1 aliphatic rings.